The quantitative estimate of drug-likeness (QED) is 0.538. The van der Waals surface area contributed by atoms with Crippen LogP contribution in [-0.4, -0.2) is 24.4 Å². The first kappa shape index (κ1) is 18.5. The molecule has 0 aliphatic rings. The number of hydrogen-bond acceptors (Lipinski definition) is 4. The lowest BCUT2D eigenvalue weighted by atomic mass is 9.93. The van der Waals surface area contributed by atoms with Gasteiger partial charge >= 0.3 is 0 Å². The number of nitriles is 1. The summed E-state index contributed by atoms with van der Waals surface area (Å²) in [5.74, 6) is 0. The minimum atomic E-state index is -1.37. The van der Waals surface area contributed by atoms with Crippen LogP contribution in [0, 0.1) is 11.3 Å². The number of hydrogen-bond donors (Lipinski definition) is 1. The molecule has 0 amide bonds. The first-order valence-corrected chi connectivity index (χ1v) is 9.23. The van der Waals surface area contributed by atoms with Gasteiger partial charge in [0.05, 0.1) is 24.7 Å². The summed E-state index contributed by atoms with van der Waals surface area (Å²) in [7, 11) is 0. The Morgan fingerprint density at radius 2 is 1.96 bits per heavy atom. The Labute approximate surface area is 171 Å². The molecule has 4 rings (SSSR count). The highest BCUT2D eigenvalue weighted by Crippen LogP contribution is 2.34. The lowest BCUT2D eigenvalue weighted by Crippen LogP contribution is -2.36. The Hall–Kier alpha value is -2.85. The predicted molar refractivity (Wildman–Crippen MR) is 107 cm³/mol. The van der Waals surface area contributed by atoms with E-state index in [-0.39, 0.29) is 13.1 Å². The van der Waals surface area contributed by atoms with Gasteiger partial charge in [0.25, 0.3) is 0 Å². The van der Waals surface area contributed by atoms with E-state index in [4.69, 9.17) is 28.5 Å². The van der Waals surface area contributed by atoms with Crippen molar-refractivity contribution in [2.75, 3.05) is 0 Å². The van der Waals surface area contributed by atoms with Crippen molar-refractivity contribution in [2.45, 2.75) is 18.7 Å². The molecule has 0 fully saturated rings. The van der Waals surface area contributed by atoms with Gasteiger partial charge in [0.1, 0.15) is 18.3 Å². The second kappa shape index (κ2) is 7.28. The molecule has 2 aromatic carbocycles. The third-order valence-corrected chi connectivity index (χ3v) is 5.20. The van der Waals surface area contributed by atoms with Crippen LogP contribution in [0.2, 0.25) is 10.0 Å². The third kappa shape index (κ3) is 3.48. The highest BCUT2D eigenvalue weighted by atomic mass is 35.5. The molecular weight excluding hydrogens is 397 g/mol. The fourth-order valence-corrected chi connectivity index (χ4v) is 3.94. The molecule has 1 unspecified atom stereocenters. The molecule has 0 aliphatic heterocycles. The molecule has 0 saturated heterocycles. The number of fused-ring (bicyclic) bond motifs is 1. The number of benzene rings is 2. The average molecular weight is 412 g/mol. The lowest BCUT2D eigenvalue weighted by Gasteiger charge is -2.30. The second-order valence-electron chi connectivity index (χ2n) is 6.58. The topological polar surface area (TPSA) is 79.7 Å². The molecule has 0 spiro atoms. The molecule has 4 aromatic rings. The fraction of sp³-hybridized carbons (Fsp3) is 0.150. The normalized spacial score (nSPS) is 13.4. The SMILES string of the molecule is N#Cc1ccc2c(ccn2CC(O)(Cn2cncn2)c2ccc(Cl)cc2Cl)c1. The van der Waals surface area contributed by atoms with Crippen molar-refractivity contribution in [1.29, 1.82) is 5.26 Å². The number of aromatic nitrogens is 4. The third-order valence-electron chi connectivity index (χ3n) is 4.65. The lowest BCUT2D eigenvalue weighted by molar-refractivity contribution is -0.00103. The van der Waals surface area contributed by atoms with E-state index >= 15 is 0 Å². The highest BCUT2D eigenvalue weighted by molar-refractivity contribution is 6.35. The maximum absolute atomic E-state index is 11.7. The van der Waals surface area contributed by atoms with Gasteiger partial charge in [-0.25, -0.2) is 9.67 Å². The summed E-state index contributed by atoms with van der Waals surface area (Å²) in [5, 5.41) is 26.7. The Kier molecular flexibility index (Phi) is 4.82. The molecule has 1 atom stereocenters. The maximum atomic E-state index is 11.7. The van der Waals surface area contributed by atoms with E-state index in [1.54, 1.807) is 35.3 Å². The maximum Gasteiger partial charge on any atom is 0.137 e. The number of rotatable bonds is 5. The van der Waals surface area contributed by atoms with Gasteiger partial charge in [-0.05, 0) is 36.4 Å². The molecule has 1 N–H and O–H groups in total. The molecule has 28 heavy (non-hydrogen) atoms. The van der Waals surface area contributed by atoms with Gasteiger partial charge in [-0.2, -0.15) is 10.4 Å². The van der Waals surface area contributed by atoms with E-state index in [0.717, 1.165) is 10.9 Å². The summed E-state index contributed by atoms with van der Waals surface area (Å²) in [6.07, 6.45) is 4.84. The molecule has 0 saturated carbocycles. The first-order chi connectivity index (χ1) is 13.5. The zero-order chi connectivity index (χ0) is 19.7. The molecule has 2 aromatic heterocycles. The smallest absolute Gasteiger partial charge is 0.137 e. The Balaban J connectivity index is 1.79. The van der Waals surface area contributed by atoms with Crippen LogP contribution in [-0.2, 0) is 18.7 Å². The van der Waals surface area contributed by atoms with E-state index in [9.17, 15) is 5.11 Å². The molecule has 0 aliphatic carbocycles. The van der Waals surface area contributed by atoms with Gasteiger partial charge in [0, 0.05) is 32.7 Å². The van der Waals surface area contributed by atoms with E-state index in [1.165, 1.54) is 6.33 Å². The minimum Gasteiger partial charge on any atom is -0.381 e. The van der Waals surface area contributed by atoms with Crippen molar-refractivity contribution < 1.29 is 5.11 Å². The molecule has 140 valence electrons. The van der Waals surface area contributed by atoms with E-state index < -0.39 is 5.60 Å². The molecule has 6 nitrogen and oxygen atoms in total. The second-order valence-corrected chi connectivity index (χ2v) is 7.42. The summed E-state index contributed by atoms with van der Waals surface area (Å²) in [4.78, 5) is 3.95. The Morgan fingerprint density at radius 1 is 1.11 bits per heavy atom. The largest absolute Gasteiger partial charge is 0.381 e. The number of halogens is 2. The molecule has 0 radical (unpaired) electrons. The van der Waals surface area contributed by atoms with Crippen molar-refractivity contribution in [2.24, 2.45) is 0 Å². The van der Waals surface area contributed by atoms with Gasteiger partial charge < -0.3 is 9.67 Å². The van der Waals surface area contributed by atoms with Crippen LogP contribution in [0.3, 0.4) is 0 Å². The summed E-state index contributed by atoms with van der Waals surface area (Å²) in [6.45, 7) is 0.383. The standard InChI is InChI=1S/C20H15Cl2N5O/c21-16-2-3-17(18(22)8-16)20(28,11-27-13-24-12-25-27)10-26-6-5-15-7-14(9-23)1-4-19(15)26/h1-8,12-13,28H,10-11H2. The van der Waals surface area contributed by atoms with Crippen molar-refractivity contribution >= 4 is 34.1 Å². The highest BCUT2D eigenvalue weighted by Gasteiger charge is 2.33. The molecule has 8 heteroatoms. The van der Waals surface area contributed by atoms with Crippen molar-refractivity contribution in [1.82, 2.24) is 19.3 Å². The first-order valence-electron chi connectivity index (χ1n) is 8.48. The summed E-state index contributed by atoms with van der Waals surface area (Å²) in [5.41, 5.74) is 0.671. The summed E-state index contributed by atoms with van der Waals surface area (Å²) >= 11 is 12.5. The van der Waals surface area contributed by atoms with Crippen molar-refractivity contribution in [3.63, 3.8) is 0 Å². The van der Waals surface area contributed by atoms with Gasteiger partial charge in [-0.1, -0.05) is 29.3 Å². The van der Waals surface area contributed by atoms with E-state index in [1.807, 2.05) is 29.0 Å². The zero-order valence-corrected chi connectivity index (χ0v) is 16.1. The van der Waals surface area contributed by atoms with Crippen molar-refractivity contribution in [3.8, 4) is 6.07 Å². The Bertz CT molecular complexity index is 1180. The monoisotopic (exact) mass is 411 g/mol. The van der Waals surface area contributed by atoms with Crippen LogP contribution in [0.4, 0.5) is 0 Å². The van der Waals surface area contributed by atoms with Crippen LogP contribution in [0.1, 0.15) is 11.1 Å². The Morgan fingerprint density at radius 3 is 2.68 bits per heavy atom. The van der Waals surface area contributed by atoms with Gasteiger partial charge in [-0.3, -0.25) is 0 Å². The van der Waals surface area contributed by atoms with Crippen LogP contribution in [0.25, 0.3) is 10.9 Å². The fourth-order valence-electron chi connectivity index (χ4n) is 3.36. The molecule has 2 heterocycles. The van der Waals surface area contributed by atoms with Crippen LogP contribution < -0.4 is 0 Å². The van der Waals surface area contributed by atoms with E-state index in [2.05, 4.69) is 16.2 Å². The van der Waals surface area contributed by atoms with Crippen molar-refractivity contribution in [3.05, 3.63) is 82.5 Å². The van der Waals surface area contributed by atoms with Crippen LogP contribution >= 0.6 is 23.2 Å². The van der Waals surface area contributed by atoms with Gasteiger partial charge in [0.2, 0.25) is 0 Å². The average Bonchev–Trinajstić information content (AvgIpc) is 3.31. The van der Waals surface area contributed by atoms with Gasteiger partial charge in [-0.15, -0.1) is 0 Å². The zero-order valence-electron chi connectivity index (χ0n) is 14.6. The summed E-state index contributed by atoms with van der Waals surface area (Å²) < 4.78 is 3.49. The van der Waals surface area contributed by atoms with Crippen LogP contribution in [0.5, 0.6) is 0 Å². The molecule has 0 bridgehead atoms. The summed E-state index contributed by atoms with van der Waals surface area (Å²) in [6, 6.07) is 14.5. The minimum absolute atomic E-state index is 0.157. The number of aliphatic hydroxyl groups is 1. The molecular formula is C20H15Cl2N5O. The van der Waals surface area contributed by atoms with Gasteiger partial charge in [0.15, 0.2) is 0 Å². The van der Waals surface area contributed by atoms with Crippen LogP contribution in [0.15, 0.2) is 61.3 Å². The predicted octanol–water partition coefficient (Wildman–Crippen LogP) is 4.00. The number of nitrogens with zero attached hydrogens (tertiary/aromatic N) is 5. The van der Waals surface area contributed by atoms with E-state index in [0.29, 0.717) is 21.2 Å².